The first-order valence-corrected chi connectivity index (χ1v) is 4.17. The van der Waals surface area contributed by atoms with Crippen molar-refractivity contribution in [3.05, 3.63) is 0 Å². The van der Waals surface area contributed by atoms with E-state index >= 15 is 0 Å². The molecule has 1 saturated heterocycles. The molecule has 1 saturated carbocycles. The summed E-state index contributed by atoms with van der Waals surface area (Å²) < 4.78 is 5.16. The molecule has 58 valence electrons. The topological polar surface area (TPSA) is 29.5 Å². The Morgan fingerprint density at radius 1 is 1.20 bits per heavy atom. The molecule has 0 aromatic heterocycles. The predicted molar refractivity (Wildman–Crippen MR) is 37.4 cm³/mol. The van der Waals surface area contributed by atoms with Gasteiger partial charge in [-0.25, -0.2) is 0 Å². The van der Waals surface area contributed by atoms with Crippen LogP contribution in [0.4, 0.5) is 0 Å². The second-order valence-electron chi connectivity index (χ2n) is 3.43. The number of aliphatic hydroxyl groups excluding tert-OH is 1. The summed E-state index contributed by atoms with van der Waals surface area (Å²) in [5.41, 5.74) is 0. The van der Waals surface area contributed by atoms with Gasteiger partial charge in [0.05, 0.1) is 6.61 Å². The average Bonchev–Trinajstić information content (AvgIpc) is 2.34. The maximum atomic E-state index is 9.30. The van der Waals surface area contributed by atoms with E-state index in [-0.39, 0.29) is 0 Å². The van der Waals surface area contributed by atoms with Crippen LogP contribution in [0.1, 0.15) is 25.7 Å². The molecule has 1 heterocycles. The zero-order valence-corrected chi connectivity index (χ0v) is 6.12. The molecular formula is C8H14O2. The van der Waals surface area contributed by atoms with E-state index in [1.54, 1.807) is 0 Å². The second kappa shape index (κ2) is 2.51. The minimum absolute atomic E-state index is 0.440. The molecule has 0 radical (unpaired) electrons. The van der Waals surface area contributed by atoms with E-state index in [1.165, 1.54) is 25.7 Å². The monoisotopic (exact) mass is 142 g/mol. The average molecular weight is 142 g/mol. The number of fused-ring (bicyclic) bond motifs is 1. The number of rotatable bonds is 0. The third kappa shape index (κ3) is 0.956. The van der Waals surface area contributed by atoms with Crippen LogP contribution in [-0.4, -0.2) is 18.0 Å². The van der Waals surface area contributed by atoms with Gasteiger partial charge in [0, 0.05) is 5.92 Å². The fraction of sp³-hybridized carbons (Fsp3) is 1.00. The first kappa shape index (κ1) is 6.62. The molecule has 2 heteroatoms. The summed E-state index contributed by atoms with van der Waals surface area (Å²) in [4.78, 5) is 0. The Hall–Kier alpha value is -0.0800. The van der Waals surface area contributed by atoms with Crippen LogP contribution in [0, 0.1) is 11.8 Å². The van der Waals surface area contributed by atoms with Gasteiger partial charge in [-0.3, -0.25) is 0 Å². The van der Waals surface area contributed by atoms with Crippen molar-refractivity contribution in [2.75, 3.05) is 6.61 Å². The van der Waals surface area contributed by atoms with Gasteiger partial charge in [0.2, 0.25) is 0 Å². The van der Waals surface area contributed by atoms with Gasteiger partial charge >= 0.3 is 0 Å². The summed E-state index contributed by atoms with van der Waals surface area (Å²) in [6.07, 6.45) is 4.61. The predicted octanol–water partition coefficient (Wildman–Crippen LogP) is 1.14. The molecule has 0 aromatic rings. The summed E-state index contributed by atoms with van der Waals surface area (Å²) in [6, 6.07) is 0. The van der Waals surface area contributed by atoms with Gasteiger partial charge < -0.3 is 9.84 Å². The molecule has 1 aliphatic carbocycles. The van der Waals surface area contributed by atoms with Gasteiger partial charge in [0.1, 0.15) is 0 Å². The zero-order valence-electron chi connectivity index (χ0n) is 6.12. The van der Waals surface area contributed by atoms with Crippen LogP contribution in [0.15, 0.2) is 0 Å². The molecule has 0 amide bonds. The van der Waals surface area contributed by atoms with Crippen molar-refractivity contribution in [3.8, 4) is 0 Å². The third-order valence-electron chi connectivity index (χ3n) is 2.82. The van der Waals surface area contributed by atoms with Crippen molar-refractivity contribution in [2.45, 2.75) is 32.0 Å². The van der Waals surface area contributed by atoms with Crippen LogP contribution >= 0.6 is 0 Å². The van der Waals surface area contributed by atoms with E-state index in [2.05, 4.69) is 0 Å². The number of aliphatic hydroxyl groups is 1. The van der Waals surface area contributed by atoms with Crippen molar-refractivity contribution in [3.63, 3.8) is 0 Å². The lowest BCUT2D eigenvalue weighted by Gasteiger charge is -2.24. The Labute approximate surface area is 61.2 Å². The van der Waals surface area contributed by atoms with Crippen molar-refractivity contribution < 1.29 is 9.84 Å². The standard InChI is InChI=1S/C8H14O2/c9-8-7-4-2-1-3-6(7)5-10-8/h6-9H,1-5H2/t6-,7-,8+/m0/s1. The van der Waals surface area contributed by atoms with Crippen LogP contribution < -0.4 is 0 Å². The van der Waals surface area contributed by atoms with E-state index in [9.17, 15) is 5.11 Å². The number of hydrogen-bond donors (Lipinski definition) is 1. The Bertz CT molecular complexity index is 122. The summed E-state index contributed by atoms with van der Waals surface area (Å²) in [7, 11) is 0. The quantitative estimate of drug-likeness (QED) is 0.549. The van der Waals surface area contributed by atoms with Gasteiger partial charge in [0.15, 0.2) is 6.29 Å². The first-order valence-electron chi connectivity index (χ1n) is 4.17. The lowest BCUT2D eigenvalue weighted by atomic mass is 9.81. The normalized spacial score (nSPS) is 47.1. The van der Waals surface area contributed by atoms with Crippen molar-refractivity contribution in [1.29, 1.82) is 0 Å². The molecule has 10 heavy (non-hydrogen) atoms. The van der Waals surface area contributed by atoms with Crippen molar-refractivity contribution in [1.82, 2.24) is 0 Å². The molecular weight excluding hydrogens is 128 g/mol. The lowest BCUT2D eigenvalue weighted by molar-refractivity contribution is -0.0844. The van der Waals surface area contributed by atoms with Crippen LogP contribution in [-0.2, 0) is 4.74 Å². The molecule has 2 aliphatic rings. The molecule has 3 atom stereocenters. The third-order valence-corrected chi connectivity index (χ3v) is 2.82. The molecule has 0 aromatic carbocycles. The molecule has 2 rings (SSSR count). The van der Waals surface area contributed by atoms with Crippen LogP contribution in [0.5, 0.6) is 0 Å². The number of hydrogen-bond acceptors (Lipinski definition) is 2. The molecule has 0 unspecified atom stereocenters. The molecule has 0 spiro atoms. The van der Waals surface area contributed by atoms with Gasteiger partial charge in [-0.05, 0) is 18.8 Å². The molecule has 0 bridgehead atoms. The SMILES string of the molecule is O[C@@H]1OC[C@@H]2CCCC[C@@H]21. The molecule has 2 nitrogen and oxygen atoms in total. The van der Waals surface area contributed by atoms with Gasteiger partial charge in [-0.15, -0.1) is 0 Å². The summed E-state index contributed by atoms with van der Waals surface area (Å²) in [6.45, 7) is 0.797. The summed E-state index contributed by atoms with van der Waals surface area (Å²) in [5, 5.41) is 9.30. The first-order chi connectivity index (χ1) is 4.88. The lowest BCUT2D eigenvalue weighted by Crippen LogP contribution is -2.22. The summed E-state index contributed by atoms with van der Waals surface area (Å²) in [5.74, 6) is 1.14. The molecule has 1 N–H and O–H groups in total. The molecule has 1 aliphatic heterocycles. The number of ether oxygens (including phenoxy) is 1. The van der Waals surface area contributed by atoms with Gasteiger partial charge in [-0.2, -0.15) is 0 Å². The Balaban J connectivity index is 2.01. The van der Waals surface area contributed by atoms with Crippen LogP contribution in [0.3, 0.4) is 0 Å². The highest BCUT2D eigenvalue weighted by atomic mass is 16.6. The van der Waals surface area contributed by atoms with E-state index in [1.807, 2.05) is 0 Å². The Morgan fingerprint density at radius 2 is 2.00 bits per heavy atom. The maximum Gasteiger partial charge on any atom is 0.157 e. The Kier molecular flexibility index (Phi) is 1.66. The fourth-order valence-corrected chi connectivity index (χ4v) is 2.16. The van der Waals surface area contributed by atoms with E-state index in [0.29, 0.717) is 11.8 Å². The van der Waals surface area contributed by atoms with E-state index < -0.39 is 6.29 Å². The minimum Gasteiger partial charge on any atom is -0.368 e. The highest BCUT2D eigenvalue weighted by Gasteiger charge is 2.37. The minimum atomic E-state index is -0.440. The Morgan fingerprint density at radius 3 is 2.80 bits per heavy atom. The van der Waals surface area contributed by atoms with Crippen LogP contribution in [0.2, 0.25) is 0 Å². The van der Waals surface area contributed by atoms with Gasteiger partial charge in [0.25, 0.3) is 0 Å². The fourth-order valence-electron chi connectivity index (χ4n) is 2.16. The maximum absolute atomic E-state index is 9.30. The molecule has 2 fully saturated rings. The summed E-state index contributed by atoms with van der Waals surface area (Å²) >= 11 is 0. The highest BCUT2D eigenvalue weighted by molar-refractivity contribution is 4.81. The van der Waals surface area contributed by atoms with E-state index in [0.717, 1.165) is 6.61 Å². The van der Waals surface area contributed by atoms with Crippen molar-refractivity contribution >= 4 is 0 Å². The van der Waals surface area contributed by atoms with Crippen LogP contribution in [0.25, 0.3) is 0 Å². The zero-order chi connectivity index (χ0) is 6.97. The smallest absolute Gasteiger partial charge is 0.157 e. The highest BCUT2D eigenvalue weighted by Crippen LogP contribution is 2.37. The second-order valence-corrected chi connectivity index (χ2v) is 3.43. The van der Waals surface area contributed by atoms with Gasteiger partial charge in [-0.1, -0.05) is 12.8 Å². The largest absolute Gasteiger partial charge is 0.368 e. The van der Waals surface area contributed by atoms with E-state index in [4.69, 9.17) is 4.74 Å². The van der Waals surface area contributed by atoms with Crippen molar-refractivity contribution in [2.24, 2.45) is 11.8 Å².